The summed E-state index contributed by atoms with van der Waals surface area (Å²) in [6, 6.07) is 19.8. The molecule has 0 atom stereocenters. The zero-order valence-electron chi connectivity index (χ0n) is 15.2. The molecule has 0 saturated carbocycles. The predicted octanol–water partition coefficient (Wildman–Crippen LogP) is 5.05. The Morgan fingerprint density at radius 1 is 0.923 bits per heavy atom. The highest BCUT2D eigenvalue weighted by molar-refractivity contribution is 6.01. The second kappa shape index (κ2) is 8.39. The van der Waals surface area contributed by atoms with E-state index in [4.69, 9.17) is 4.74 Å². The highest BCUT2D eigenvalue weighted by Gasteiger charge is 2.06. The number of carbonyl (C=O) groups is 1. The Morgan fingerprint density at radius 3 is 2.42 bits per heavy atom. The van der Waals surface area contributed by atoms with Gasteiger partial charge in [0, 0.05) is 11.9 Å². The van der Waals surface area contributed by atoms with E-state index in [0.717, 1.165) is 39.8 Å². The summed E-state index contributed by atoms with van der Waals surface area (Å²) in [4.78, 5) is 12.1. The minimum atomic E-state index is -0.201. The summed E-state index contributed by atoms with van der Waals surface area (Å²) in [5.74, 6) is 0.938. The van der Waals surface area contributed by atoms with Gasteiger partial charge in [0.1, 0.15) is 5.75 Å². The quantitative estimate of drug-likeness (QED) is 0.613. The molecule has 0 unspecified atom stereocenters. The van der Waals surface area contributed by atoms with Gasteiger partial charge in [-0.3, -0.25) is 0 Å². The average Bonchev–Trinajstić information content (AvgIpc) is 2.64. The van der Waals surface area contributed by atoms with Crippen LogP contribution < -0.4 is 15.4 Å². The number of nitrogens with one attached hydrogen (secondary N) is 2. The molecule has 3 rings (SSSR count). The molecule has 0 bridgehead atoms. The second-order valence-corrected chi connectivity index (χ2v) is 6.33. The number of rotatable bonds is 6. The number of urea groups is 1. The van der Waals surface area contributed by atoms with E-state index >= 15 is 0 Å². The first-order valence-corrected chi connectivity index (χ1v) is 8.87. The number of aryl methyl sites for hydroxylation is 2. The van der Waals surface area contributed by atoms with E-state index < -0.39 is 0 Å². The molecule has 0 heterocycles. The van der Waals surface area contributed by atoms with Gasteiger partial charge in [-0.25, -0.2) is 4.79 Å². The normalized spacial score (nSPS) is 10.5. The van der Waals surface area contributed by atoms with Crippen LogP contribution in [0.15, 0.2) is 60.7 Å². The van der Waals surface area contributed by atoms with Crippen LogP contribution in [0.25, 0.3) is 10.8 Å². The van der Waals surface area contributed by atoms with Crippen LogP contribution in [0.3, 0.4) is 0 Å². The van der Waals surface area contributed by atoms with Crippen molar-refractivity contribution in [1.29, 1.82) is 0 Å². The monoisotopic (exact) mass is 348 g/mol. The topological polar surface area (TPSA) is 50.4 Å². The lowest BCUT2D eigenvalue weighted by Crippen LogP contribution is -2.30. The maximum absolute atomic E-state index is 12.1. The van der Waals surface area contributed by atoms with Gasteiger partial charge in [0.05, 0.1) is 12.3 Å². The first-order chi connectivity index (χ1) is 12.6. The molecule has 2 amide bonds. The Hall–Kier alpha value is -3.01. The summed E-state index contributed by atoms with van der Waals surface area (Å²) in [6.07, 6.45) is 0.747. The summed E-state index contributed by atoms with van der Waals surface area (Å²) >= 11 is 0. The van der Waals surface area contributed by atoms with Gasteiger partial charge in [-0.1, -0.05) is 54.6 Å². The van der Waals surface area contributed by atoms with Crippen LogP contribution in [0.2, 0.25) is 0 Å². The van der Waals surface area contributed by atoms with Crippen molar-refractivity contribution in [2.45, 2.75) is 20.3 Å². The van der Waals surface area contributed by atoms with Crippen LogP contribution in [-0.4, -0.2) is 19.2 Å². The SMILES string of the molecule is Cc1cccc(C)c1OCCCNC(=O)Nc1cccc2ccccc12. The Balaban J connectivity index is 1.46. The van der Waals surface area contributed by atoms with Crippen molar-refractivity contribution in [3.05, 3.63) is 71.8 Å². The first kappa shape index (κ1) is 17.8. The fourth-order valence-electron chi connectivity index (χ4n) is 2.98. The molecule has 3 aromatic carbocycles. The van der Waals surface area contributed by atoms with Crippen molar-refractivity contribution in [2.24, 2.45) is 0 Å². The van der Waals surface area contributed by atoms with Crippen LogP contribution in [0.1, 0.15) is 17.5 Å². The second-order valence-electron chi connectivity index (χ2n) is 6.33. The molecule has 4 nitrogen and oxygen atoms in total. The maximum Gasteiger partial charge on any atom is 0.319 e. The Labute approximate surface area is 154 Å². The molecule has 2 N–H and O–H groups in total. The van der Waals surface area contributed by atoms with E-state index in [2.05, 4.69) is 10.6 Å². The van der Waals surface area contributed by atoms with Gasteiger partial charge in [0.25, 0.3) is 0 Å². The van der Waals surface area contributed by atoms with Gasteiger partial charge in [-0.05, 0) is 42.8 Å². The molecule has 134 valence electrons. The van der Waals surface area contributed by atoms with Crippen LogP contribution in [0.5, 0.6) is 5.75 Å². The summed E-state index contributed by atoms with van der Waals surface area (Å²) in [7, 11) is 0. The third-order valence-electron chi connectivity index (χ3n) is 4.30. The number of anilines is 1. The highest BCUT2D eigenvalue weighted by Crippen LogP contribution is 2.23. The maximum atomic E-state index is 12.1. The molecule has 26 heavy (non-hydrogen) atoms. The number of amides is 2. The van der Waals surface area contributed by atoms with Gasteiger partial charge in [-0.15, -0.1) is 0 Å². The molecule has 3 aromatic rings. The van der Waals surface area contributed by atoms with Crippen LogP contribution in [0.4, 0.5) is 10.5 Å². The van der Waals surface area contributed by atoms with Crippen molar-refractivity contribution >= 4 is 22.5 Å². The molecular weight excluding hydrogens is 324 g/mol. The smallest absolute Gasteiger partial charge is 0.319 e. The molecule has 0 radical (unpaired) electrons. The lowest BCUT2D eigenvalue weighted by Gasteiger charge is -2.13. The summed E-state index contributed by atoms with van der Waals surface area (Å²) < 4.78 is 5.85. The number of para-hydroxylation sites is 1. The number of hydrogen-bond acceptors (Lipinski definition) is 2. The molecule has 0 spiro atoms. The van der Waals surface area contributed by atoms with Gasteiger partial charge in [-0.2, -0.15) is 0 Å². The third-order valence-corrected chi connectivity index (χ3v) is 4.30. The van der Waals surface area contributed by atoms with E-state index in [9.17, 15) is 4.79 Å². The average molecular weight is 348 g/mol. The molecule has 0 aromatic heterocycles. The van der Waals surface area contributed by atoms with Gasteiger partial charge in [0.15, 0.2) is 0 Å². The molecule has 0 aliphatic heterocycles. The highest BCUT2D eigenvalue weighted by atomic mass is 16.5. The zero-order chi connectivity index (χ0) is 18.4. The minimum Gasteiger partial charge on any atom is -0.493 e. The first-order valence-electron chi connectivity index (χ1n) is 8.87. The van der Waals surface area contributed by atoms with E-state index in [1.165, 1.54) is 0 Å². The number of ether oxygens (including phenoxy) is 1. The van der Waals surface area contributed by atoms with Crippen LogP contribution in [-0.2, 0) is 0 Å². The van der Waals surface area contributed by atoms with Crippen molar-refractivity contribution in [1.82, 2.24) is 5.32 Å². The largest absolute Gasteiger partial charge is 0.493 e. The Morgan fingerprint density at radius 2 is 1.62 bits per heavy atom. The van der Waals surface area contributed by atoms with E-state index in [1.54, 1.807) is 0 Å². The van der Waals surface area contributed by atoms with E-state index in [0.29, 0.717) is 13.2 Å². The minimum absolute atomic E-state index is 0.201. The molecular formula is C22H24N2O2. The lowest BCUT2D eigenvalue weighted by molar-refractivity contribution is 0.250. The Kier molecular flexibility index (Phi) is 5.74. The van der Waals surface area contributed by atoms with Crippen molar-refractivity contribution in [3.63, 3.8) is 0 Å². The fraction of sp³-hybridized carbons (Fsp3) is 0.227. The molecule has 4 heteroatoms. The number of fused-ring (bicyclic) bond motifs is 1. The summed E-state index contributed by atoms with van der Waals surface area (Å²) in [5, 5.41) is 7.94. The van der Waals surface area contributed by atoms with Crippen molar-refractivity contribution in [2.75, 3.05) is 18.5 Å². The number of hydrogen-bond donors (Lipinski definition) is 2. The van der Waals surface area contributed by atoms with Gasteiger partial charge < -0.3 is 15.4 Å². The summed E-state index contributed by atoms with van der Waals surface area (Å²) in [6.45, 7) is 5.21. The third kappa shape index (κ3) is 4.33. The Bertz CT molecular complexity index is 880. The molecule has 0 saturated heterocycles. The fourth-order valence-corrected chi connectivity index (χ4v) is 2.98. The van der Waals surface area contributed by atoms with Gasteiger partial charge >= 0.3 is 6.03 Å². The lowest BCUT2D eigenvalue weighted by atomic mass is 10.1. The van der Waals surface area contributed by atoms with Crippen LogP contribution >= 0.6 is 0 Å². The van der Waals surface area contributed by atoms with Gasteiger partial charge in [0.2, 0.25) is 0 Å². The number of carbonyl (C=O) groups excluding carboxylic acids is 1. The predicted molar refractivity (Wildman–Crippen MR) is 107 cm³/mol. The van der Waals surface area contributed by atoms with Crippen LogP contribution in [0, 0.1) is 13.8 Å². The standard InChI is InChI=1S/C22H24N2O2/c1-16-8-5-9-17(2)21(16)26-15-7-14-23-22(25)24-20-13-6-11-18-10-3-4-12-19(18)20/h3-6,8-13H,7,14-15H2,1-2H3,(H2,23,24,25). The van der Waals surface area contributed by atoms with Crippen molar-refractivity contribution < 1.29 is 9.53 Å². The zero-order valence-corrected chi connectivity index (χ0v) is 15.2. The molecule has 0 aliphatic rings. The van der Waals surface area contributed by atoms with E-state index in [1.807, 2.05) is 74.5 Å². The number of benzene rings is 3. The summed E-state index contributed by atoms with van der Waals surface area (Å²) in [5.41, 5.74) is 3.07. The molecule has 0 fully saturated rings. The van der Waals surface area contributed by atoms with Crippen molar-refractivity contribution in [3.8, 4) is 5.75 Å². The van der Waals surface area contributed by atoms with E-state index in [-0.39, 0.29) is 6.03 Å². The molecule has 0 aliphatic carbocycles.